The zero-order chi connectivity index (χ0) is 16.6. The van der Waals surface area contributed by atoms with Crippen molar-refractivity contribution in [1.82, 2.24) is 0 Å². The third-order valence-corrected chi connectivity index (χ3v) is 5.04. The summed E-state index contributed by atoms with van der Waals surface area (Å²) in [5.74, 6) is -3.48. The molecule has 3 rings (SSSR count). The summed E-state index contributed by atoms with van der Waals surface area (Å²) in [6.07, 6.45) is 1.71. The van der Waals surface area contributed by atoms with Gasteiger partial charge in [0.25, 0.3) is 0 Å². The van der Waals surface area contributed by atoms with E-state index in [2.05, 4.69) is 0 Å². The van der Waals surface area contributed by atoms with Gasteiger partial charge < -0.3 is 10.2 Å². The second-order valence-electron chi connectivity index (χ2n) is 6.31. The van der Waals surface area contributed by atoms with Gasteiger partial charge in [-0.15, -0.1) is 0 Å². The van der Waals surface area contributed by atoms with Gasteiger partial charge in [0.1, 0.15) is 0 Å². The van der Waals surface area contributed by atoms with Crippen molar-refractivity contribution in [1.29, 1.82) is 0 Å². The van der Waals surface area contributed by atoms with Crippen LogP contribution >= 0.6 is 0 Å². The van der Waals surface area contributed by atoms with Crippen LogP contribution in [-0.2, 0) is 20.8 Å². The van der Waals surface area contributed by atoms with Crippen molar-refractivity contribution < 1.29 is 24.6 Å². The summed E-state index contributed by atoms with van der Waals surface area (Å²) in [4.78, 5) is 36.0. The Hall–Kier alpha value is -2.43. The van der Waals surface area contributed by atoms with E-state index in [1.54, 1.807) is 0 Å². The number of rotatable bonds is 4. The number of hydrogen-bond donors (Lipinski definition) is 2. The Kier molecular flexibility index (Phi) is 3.80. The van der Waals surface area contributed by atoms with E-state index < -0.39 is 23.3 Å². The highest BCUT2D eigenvalue weighted by Crippen LogP contribution is 2.53. The number of carboxylic acids is 2. The summed E-state index contributed by atoms with van der Waals surface area (Å²) in [5.41, 5.74) is 0.203. The van der Waals surface area contributed by atoms with E-state index in [9.17, 15) is 24.6 Å². The minimum Gasteiger partial charge on any atom is -0.480 e. The lowest BCUT2D eigenvalue weighted by Crippen LogP contribution is -2.45. The van der Waals surface area contributed by atoms with Crippen LogP contribution in [0.4, 0.5) is 0 Å². The molecular formula is C18H18O5. The van der Waals surface area contributed by atoms with Gasteiger partial charge in [0.05, 0.1) is 0 Å². The molecule has 5 heteroatoms. The molecule has 23 heavy (non-hydrogen) atoms. The summed E-state index contributed by atoms with van der Waals surface area (Å²) in [6, 6.07) is 9.42. The van der Waals surface area contributed by atoms with Crippen molar-refractivity contribution in [3.05, 3.63) is 47.0 Å². The number of aliphatic carboxylic acids is 2. The molecule has 5 nitrogen and oxygen atoms in total. The van der Waals surface area contributed by atoms with Gasteiger partial charge in [-0.25, -0.2) is 0 Å². The molecule has 1 aromatic carbocycles. The number of allylic oxidation sites excluding steroid dienone is 2. The van der Waals surface area contributed by atoms with Gasteiger partial charge in [0.2, 0.25) is 0 Å². The maximum absolute atomic E-state index is 12.4. The van der Waals surface area contributed by atoms with Crippen LogP contribution in [0, 0.1) is 11.3 Å². The first-order valence-electron chi connectivity index (χ1n) is 7.72. The Morgan fingerprint density at radius 2 is 1.78 bits per heavy atom. The molecule has 2 N–H and O–H groups in total. The molecule has 2 aliphatic rings. The Morgan fingerprint density at radius 3 is 2.39 bits per heavy atom. The van der Waals surface area contributed by atoms with Crippen molar-refractivity contribution in [2.45, 2.75) is 32.1 Å². The van der Waals surface area contributed by atoms with Crippen LogP contribution in [-0.4, -0.2) is 27.9 Å². The predicted molar refractivity (Wildman–Crippen MR) is 81.8 cm³/mol. The minimum absolute atomic E-state index is 0.0850. The summed E-state index contributed by atoms with van der Waals surface area (Å²) in [5, 5.41) is 19.2. The van der Waals surface area contributed by atoms with Crippen molar-refractivity contribution in [2.75, 3.05) is 0 Å². The first-order valence-corrected chi connectivity index (χ1v) is 7.72. The monoisotopic (exact) mass is 314 g/mol. The molecule has 0 radical (unpaired) electrons. The van der Waals surface area contributed by atoms with Gasteiger partial charge >= 0.3 is 11.9 Å². The molecule has 2 aliphatic carbocycles. The van der Waals surface area contributed by atoms with Crippen molar-refractivity contribution >= 4 is 17.7 Å². The van der Waals surface area contributed by atoms with E-state index >= 15 is 0 Å². The van der Waals surface area contributed by atoms with Gasteiger partial charge in [0, 0.05) is 12.3 Å². The number of carbonyl (C=O) groups is 3. The van der Waals surface area contributed by atoms with Gasteiger partial charge in [-0.3, -0.25) is 14.4 Å². The largest absolute Gasteiger partial charge is 0.480 e. The second-order valence-corrected chi connectivity index (χ2v) is 6.31. The molecular weight excluding hydrogens is 296 g/mol. The molecule has 1 saturated carbocycles. The van der Waals surface area contributed by atoms with E-state index in [0.717, 1.165) is 5.56 Å². The van der Waals surface area contributed by atoms with Gasteiger partial charge in [-0.2, -0.15) is 0 Å². The fraction of sp³-hybridized carbons (Fsp3) is 0.389. The molecule has 0 saturated heterocycles. The van der Waals surface area contributed by atoms with Crippen LogP contribution in [0.25, 0.3) is 0 Å². The van der Waals surface area contributed by atoms with E-state index in [4.69, 9.17) is 0 Å². The lowest BCUT2D eigenvalue weighted by atomic mass is 9.69. The zero-order valence-electron chi connectivity index (χ0n) is 12.6. The van der Waals surface area contributed by atoms with Crippen LogP contribution in [0.5, 0.6) is 0 Å². The molecule has 1 unspecified atom stereocenters. The highest BCUT2D eigenvalue weighted by atomic mass is 16.4. The molecule has 1 atom stereocenters. The summed E-state index contributed by atoms with van der Waals surface area (Å²) in [6.45, 7) is 0. The van der Waals surface area contributed by atoms with Crippen molar-refractivity contribution in [3.63, 3.8) is 0 Å². The molecule has 0 aromatic heterocycles. The molecule has 0 heterocycles. The van der Waals surface area contributed by atoms with E-state index in [1.807, 2.05) is 30.3 Å². The number of hydrogen-bond acceptors (Lipinski definition) is 3. The summed E-state index contributed by atoms with van der Waals surface area (Å²) < 4.78 is 0. The highest BCUT2D eigenvalue weighted by molar-refractivity contribution is 6.06. The van der Waals surface area contributed by atoms with Crippen LogP contribution in [0.1, 0.15) is 31.2 Å². The minimum atomic E-state index is -1.89. The first kappa shape index (κ1) is 15.5. The standard InChI is InChI=1S/C18H18O5/c19-14-8-4-7-13-15(14)12(9-11-5-2-1-3-6-11)10-18(13,16(20)21)17(22)23/h1-3,5-6,13H,4,7-10H2,(H,20,21)(H,22,23). The third-order valence-electron chi connectivity index (χ3n) is 5.04. The number of fused-ring (bicyclic) bond motifs is 1. The van der Waals surface area contributed by atoms with Crippen LogP contribution < -0.4 is 0 Å². The Balaban J connectivity index is 2.06. The average Bonchev–Trinajstić information content (AvgIpc) is 2.85. The second kappa shape index (κ2) is 5.65. The van der Waals surface area contributed by atoms with Crippen LogP contribution in [0.2, 0.25) is 0 Å². The number of carboxylic acid groups (broad SMARTS) is 2. The molecule has 1 aromatic rings. The Morgan fingerprint density at radius 1 is 1.13 bits per heavy atom. The fourth-order valence-electron chi connectivity index (χ4n) is 3.97. The van der Waals surface area contributed by atoms with Crippen molar-refractivity contribution in [3.8, 4) is 0 Å². The number of ketones is 1. The van der Waals surface area contributed by atoms with Crippen LogP contribution in [0.3, 0.4) is 0 Å². The maximum atomic E-state index is 12.4. The first-order chi connectivity index (χ1) is 11.0. The Bertz CT molecular complexity index is 687. The number of Topliss-reactive ketones (excluding diaryl/α,β-unsaturated/α-hetero) is 1. The quantitative estimate of drug-likeness (QED) is 0.833. The Labute approximate surface area is 133 Å². The third kappa shape index (κ3) is 2.36. The van der Waals surface area contributed by atoms with E-state index in [-0.39, 0.29) is 12.2 Å². The van der Waals surface area contributed by atoms with Gasteiger partial charge in [-0.05, 0) is 36.8 Å². The van der Waals surface area contributed by atoms with Gasteiger partial charge in [0.15, 0.2) is 11.2 Å². The lowest BCUT2D eigenvalue weighted by molar-refractivity contribution is -0.167. The molecule has 0 amide bonds. The molecule has 1 fully saturated rings. The SMILES string of the molecule is O=C1CCCC2C1=C(Cc1ccccc1)CC2(C(=O)O)C(=O)O. The summed E-state index contributed by atoms with van der Waals surface area (Å²) in [7, 11) is 0. The maximum Gasteiger partial charge on any atom is 0.322 e. The predicted octanol–water partition coefficient (Wildman–Crippen LogP) is 2.45. The zero-order valence-corrected chi connectivity index (χ0v) is 12.6. The molecule has 0 bridgehead atoms. The fourth-order valence-corrected chi connectivity index (χ4v) is 3.97. The highest BCUT2D eigenvalue weighted by Gasteiger charge is 2.60. The number of carbonyl (C=O) groups excluding carboxylic acids is 1. The van der Waals surface area contributed by atoms with Crippen molar-refractivity contribution in [2.24, 2.45) is 11.3 Å². The van der Waals surface area contributed by atoms with E-state index in [0.29, 0.717) is 36.8 Å². The smallest absolute Gasteiger partial charge is 0.322 e. The summed E-state index contributed by atoms with van der Waals surface area (Å²) >= 11 is 0. The average molecular weight is 314 g/mol. The topological polar surface area (TPSA) is 91.7 Å². The molecule has 120 valence electrons. The lowest BCUT2D eigenvalue weighted by Gasteiger charge is -2.31. The normalized spacial score (nSPS) is 22.8. The van der Waals surface area contributed by atoms with Crippen LogP contribution in [0.15, 0.2) is 41.5 Å². The van der Waals surface area contributed by atoms with E-state index in [1.165, 1.54) is 0 Å². The molecule has 0 spiro atoms. The number of benzene rings is 1. The van der Waals surface area contributed by atoms with Gasteiger partial charge in [-0.1, -0.05) is 35.9 Å². The molecule has 0 aliphatic heterocycles.